The highest BCUT2D eigenvalue weighted by molar-refractivity contribution is 5.93. The Labute approximate surface area is 172 Å². The summed E-state index contributed by atoms with van der Waals surface area (Å²) in [6.07, 6.45) is 3.06. The van der Waals surface area contributed by atoms with Crippen LogP contribution in [0.1, 0.15) is 0 Å². The summed E-state index contributed by atoms with van der Waals surface area (Å²) in [6, 6.07) is 18.7. The van der Waals surface area contributed by atoms with E-state index in [9.17, 15) is 4.79 Å². The molecular weight excluding hydrogens is 382 g/mol. The maximum absolute atomic E-state index is 12.0. The van der Waals surface area contributed by atoms with Crippen LogP contribution in [0.3, 0.4) is 0 Å². The molecule has 2 aromatic carbocycles. The second kappa shape index (κ2) is 8.74. The molecule has 4 aromatic rings. The summed E-state index contributed by atoms with van der Waals surface area (Å²) < 4.78 is 5.39. The molecule has 0 unspecified atom stereocenters. The van der Waals surface area contributed by atoms with Crippen molar-refractivity contribution in [3.63, 3.8) is 0 Å². The number of rotatable bonds is 7. The van der Waals surface area contributed by atoms with Crippen LogP contribution in [0.2, 0.25) is 0 Å². The Hall–Kier alpha value is -4.40. The van der Waals surface area contributed by atoms with Crippen molar-refractivity contribution in [2.75, 3.05) is 23.1 Å². The zero-order valence-electron chi connectivity index (χ0n) is 15.9. The van der Waals surface area contributed by atoms with E-state index in [1.807, 2.05) is 48.5 Å². The predicted octanol–water partition coefficient (Wildman–Crippen LogP) is 2.87. The molecule has 9 heteroatoms. The van der Waals surface area contributed by atoms with Crippen LogP contribution >= 0.6 is 0 Å². The van der Waals surface area contributed by atoms with Crippen molar-refractivity contribution in [2.45, 2.75) is 0 Å². The number of nitrogen functional groups attached to an aromatic ring is 1. The van der Waals surface area contributed by atoms with Crippen LogP contribution < -0.4 is 26.6 Å². The van der Waals surface area contributed by atoms with Gasteiger partial charge in [-0.2, -0.15) is 0 Å². The third-order valence-electron chi connectivity index (χ3n) is 4.20. The number of carbonyl (C=O) groups excluding carboxylic acids is 1. The normalized spacial score (nSPS) is 10.4. The smallest absolute Gasteiger partial charge is 0.276 e. The molecule has 0 atom stereocenters. The van der Waals surface area contributed by atoms with E-state index < -0.39 is 0 Å². The summed E-state index contributed by atoms with van der Waals surface area (Å²) in [4.78, 5) is 24.7. The molecular formula is C21H19N7O2. The predicted molar refractivity (Wildman–Crippen MR) is 115 cm³/mol. The summed E-state index contributed by atoms with van der Waals surface area (Å²) in [5.74, 6) is 0.864. The second-order valence-corrected chi connectivity index (χ2v) is 6.27. The van der Waals surface area contributed by atoms with Crippen LogP contribution in [0, 0.1) is 0 Å². The number of pyridine rings is 1. The average Bonchev–Trinajstić information content (AvgIpc) is 2.79. The lowest BCUT2D eigenvalue weighted by Crippen LogP contribution is -2.34. The third kappa shape index (κ3) is 4.36. The fourth-order valence-corrected chi connectivity index (χ4v) is 2.76. The van der Waals surface area contributed by atoms with Gasteiger partial charge in [-0.15, -0.1) is 0 Å². The van der Waals surface area contributed by atoms with Gasteiger partial charge in [0, 0.05) is 11.6 Å². The number of anilines is 4. The summed E-state index contributed by atoms with van der Waals surface area (Å²) >= 11 is 0. The maximum Gasteiger partial charge on any atom is 0.276 e. The largest absolute Gasteiger partial charge is 0.484 e. The molecule has 9 nitrogen and oxygen atoms in total. The first-order valence-electron chi connectivity index (χ1n) is 9.14. The second-order valence-electron chi connectivity index (χ2n) is 6.27. The SMILES string of the molecule is Nc1c(NNC(=O)COc2ccccc2)ncnc1Nc1cccc2cccnc12. The van der Waals surface area contributed by atoms with Crippen molar-refractivity contribution in [2.24, 2.45) is 0 Å². The number of amides is 1. The van der Waals surface area contributed by atoms with Crippen molar-refractivity contribution in [1.82, 2.24) is 20.4 Å². The standard InChI is InChI=1S/C21H19N7O2/c22-18-20(26-16-10-4-6-14-7-5-11-23-19(14)16)24-13-25-21(18)28-27-17(29)12-30-15-8-2-1-3-9-15/h1-11,13H,12,22H2,(H,27,29)(H2,24,25,26,28). The number of hydrazine groups is 1. The minimum absolute atomic E-state index is 0.158. The van der Waals surface area contributed by atoms with Crippen LogP contribution in [-0.2, 0) is 4.79 Å². The van der Waals surface area contributed by atoms with Gasteiger partial charge in [-0.25, -0.2) is 9.97 Å². The van der Waals surface area contributed by atoms with E-state index in [1.165, 1.54) is 6.33 Å². The summed E-state index contributed by atoms with van der Waals surface area (Å²) in [6.45, 7) is -0.158. The molecule has 0 aliphatic carbocycles. The van der Waals surface area contributed by atoms with Gasteiger partial charge in [0.15, 0.2) is 18.2 Å². The fraction of sp³-hybridized carbons (Fsp3) is 0.0476. The number of nitrogens with two attached hydrogens (primary N) is 1. The number of hydrogen-bond donors (Lipinski definition) is 4. The number of carbonyl (C=O) groups is 1. The van der Waals surface area contributed by atoms with Crippen molar-refractivity contribution in [1.29, 1.82) is 0 Å². The van der Waals surface area contributed by atoms with E-state index in [1.54, 1.807) is 18.3 Å². The molecule has 0 aliphatic rings. The average molecular weight is 401 g/mol. The molecule has 30 heavy (non-hydrogen) atoms. The highest BCUT2D eigenvalue weighted by Gasteiger charge is 2.11. The Kier molecular flexibility index (Phi) is 5.52. The fourth-order valence-electron chi connectivity index (χ4n) is 2.76. The van der Waals surface area contributed by atoms with Gasteiger partial charge in [0.25, 0.3) is 5.91 Å². The van der Waals surface area contributed by atoms with Gasteiger partial charge in [-0.05, 0) is 24.3 Å². The highest BCUT2D eigenvalue weighted by atomic mass is 16.5. The monoisotopic (exact) mass is 401 g/mol. The number of benzene rings is 2. The minimum Gasteiger partial charge on any atom is -0.484 e. The zero-order chi connectivity index (χ0) is 20.8. The van der Waals surface area contributed by atoms with Crippen molar-refractivity contribution >= 4 is 39.8 Å². The first-order chi connectivity index (χ1) is 14.7. The number of nitrogens with one attached hydrogen (secondary N) is 3. The molecule has 1 amide bonds. The lowest BCUT2D eigenvalue weighted by molar-refractivity contribution is -0.122. The summed E-state index contributed by atoms with van der Waals surface area (Å²) in [7, 11) is 0. The van der Waals surface area contributed by atoms with E-state index >= 15 is 0 Å². The topological polar surface area (TPSA) is 127 Å². The van der Waals surface area contributed by atoms with Gasteiger partial charge < -0.3 is 15.8 Å². The quantitative estimate of drug-likeness (QED) is 0.348. The number of aromatic nitrogens is 3. The van der Waals surface area contributed by atoms with E-state index in [2.05, 4.69) is 31.1 Å². The van der Waals surface area contributed by atoms with Crippen LogP contribution in [0.25, 0.3) is 10.9 Å². The molecule has 2 aromatic heterocycles. The molecule has 0 bridgehead atoms. The van der Waals surface area contributed by atoms with Crippen LogP contribution in [0.4, 0.5) is 23.0 Å². The Balaban J connectivity index is 1.42. The Morgan fingerprint density at radius 3 is 2.60 bits per heavy atom. The molecule has 0 aliphatic heterocycles. The van der Waals surface area contributed by atoms with Crippen molar-refractivity contribution in [3.05, 3.63) is 73.2 Å². The molecule has 0 saturated carbocycles. The highest BCUT2D eigenvalue weighted by Crippen LogP contribution is 2.28. The number of ether oxygens (including phenoxy) is 1. The van der Waals surface area contributed by atoms with Crippen LogP contribution in [0.5, 0.6) is 5.75 Å². The summed E-state index contributed by atoms with van der Waals surface area (Å²) in [5.41, 5.74) is 13.2. The van der Waals surface area contributed by atoms with Gasteiger partial charge in [-0.3, -0.25) is 20.6 Å². The first-order valence-corrected chi connectivity index (χ1v) is 9.14. The van der Waals surface area contributed by atoms with E-state index in [-0.39, 0.29) is 24.0 Å². The van der Waals surface area contributed by atoms with E-state index in [0.717, 1.165) is 16.6 Å². The lowest BCUT2D eigenvalue weighted by atomic mass is 10.2. The first kappa shape index (κ1) is 18.9. The molecule has 150 valence electrons. The van der Waals surface area contributed by atoms with Gasteiger partial charge in [-0.1, -0.05) is 36.4 Å². The van der Waals surface area contributed by atoms with Crippen LogP contribution in [0.15, 0.2) is 73.2 Å². The molecule has 2 heterocycles. The molecule has 4 rings (SSSR count). The number of nitrogens with zero attached hydrogens (tertiary/aromatic N) is 3. The van der Waals surface area contributed by atoms with Gasteiger partial charge in [0.05, 0.1) is 11.2 Å². The molecule has 0 radical (unpaired) electrons. The maximum atomic E-state index is 12.0. The van der Waals surface area contributed by atoms with E-state index in [4.69, 9.17) is 10.5 Å². The molecule has 0 spiro atoms. The third-order valence-corrected chi connectivity index (χ3v) is 4.20. The lowest BCUT2D eigenvalue weighted by Gasteiger charge is -2.14. The Bertz CT molecular complexity index is 1160. The van der Waals surface area contributed by atoms with Crippen molar-refractivity contribution in [3.8, 4) is 5.75 Å². The number of hydrogen-bond acceptors (Lipinski definition) is 8. The van der Waals surface area contributed by atoms with E-state index in [0.29, 0.717) is 11.6 Å². The van der Waals surface area contributed by atoms with Gasteiger partial charge in [0.1, 0.15) is 17.8 Å². The van der Waals surface area contributed by atoms with Gasteiger partial charge in [0.2, 0.25) is 0 Å². The van der Waals surface area contributed by atoms with Crippen LogP contribution in [-0.4, -0.2) is 27.5 Å². The summed E-state index contributed by atoms with van der Waals surface area (Å²) in [5, 5.41) is 4.16. The Morgan fingerprint density at radius 1 is 0.933 bits per heavy atom. The Morgan fingerprint density at radius 2 is 1.73 bits per heavy atom. The van der Waals surface area contributed by atoms with Crippen molar-refractivity contribution < 1.29 is 9.53 Å². The molecule has 0 fully saturated rings. The minimum atomic E-state index is -0.385. The zero-order valence-corrected chi connectivity index (χ0v) is 15.9. The number of fused-ring (bicyclic) bond motifs is 1. The van der Waals surface area contributed by atoms with Gasteiger partial charge >= 0.3 is 0 Å². The molecule has 5 N–H and O–H groups in total. The molecule has 0 saturated heterocycles. The number of para-hydroxylation sites is 2.